The van der Waals surface area contributed by atoms with E-state index in [4.69, 9.17) is 0 Å². The van der Waals surface area contributed by atoms with Crippen molar-refractivity contribution in [2.24, 2.45) is 0 Å². The van der Waals surface area contributed by atoms with Gasteiger partial charge in [-0.25, -0.2) is 8.78 Å². The maximum Gasteiger partial charge on any atom is 0.126 e. The lowest BCUT2D eigenvalue weighted by atomic mass is 10.00. The summed E-state index contributed by atoms with van der Waals surface area (Å²) in [6.07, 6.45) is 1.80. The van der Waals surface area contributed by atoms with E-state index < -0.39 is 11.6 Å². The molecule has 0 radical (unpaired) electrons. The molecule has 1 N–H and O–H groups in total. The lowest BCUT2D eigenvalue weighted by Gasteiger charge is -2.36. The van der Waals surface area contributed by atoms with Gasteiger partial charge in [0, 0.05) is 34.1 Å². The largest absolute Gasteiger partial charge is 0.316 e. The molecule has 0 saturated carbocycles. The van der Waals surface area contributed by atoms with E-state index in [1.54, 1.807) is 0 Å². The number of halogens is 2. The van der Waals surface area contributed by atoms with Crippen molar-refractivity contribution in [3.8, 4) is 0 Å². The van der Waals surface area contributed by atoms with Crippen molar-refractivity contribution in [3.63, 3.8) is 0 Å². The normalized spacial score (nSPS) is 24.6. The maximum absolute atomic E-state index is 13.3. The third-order valence-electron chi connectivity index (χ3n) is 3.64. The summed E-state index contributed by atoms with van der Waals surface area (Å²) in [5.74, 6) is 1.37. The Bertz CT molecular complexity index is 422. The fourth-order valence-electron chi connectivity index (χ4n) is 2.68. The van der Waals surface area contributed by atoms with E-state index >= 15 is 0 Å². The molecule has 0 bridgehead atoms. The molecule has 1 nitrogen and oxygen atoms in total. The summed E-state index contributed by atoms with van der Waals surface area (Å²) in [7, 11) is 1.94. The smallest absolute Gasteiger partial charge is 0.126 e. The maximum atomic E-state index is 13.3. The molecule has 3 unspecified atom stereocenters. The zero-order valence-electron chi connectivity index (χ0n) is 11.9. The van der Waals surface area contributed by atoms with Gasteiger partial charge in [-0.2, -0.15) is 23.5 Å². The SMILES string of the molecule is CCC1SCCSC1C(Cc1cc(F)cc(F)c1)NC. The van der Waals surface area contributed by atoms with Gasteiger partial charge in [-0.15, -0.1) is 0 Å². The van der Waals surface area contributed by atoms with Gasteiger partial charge in [0.25, 0.3) is 0 Å². The van der Waals surface area contributed by atoms with Crippen LogP contribution >= 0.6 is 23.5 Å². The molecule has 1 aromatic rings. The van der Waals surface area contributed by atoms with Gasteiger partial charge in [0.15, 0.2) is 0 Å². The summed E-state index contributed by atoms with van der Waals surface area (Å²) >= 11 is 4.01. The van der Waals surface area contributed by atoms with Crippen LogP contribution in [-0.2, 0) is 6.42 Å². The number of hydrogen-bond acceptors (Lipinski definition) is 3. The third kappa shape index (κ3) is 4.12. The molecule has 112 valence electrons. The molecule has 1 heterocycles. The highest BCUT2D eigenvalue weighted by Crippen LogP contribution is 2.36. The molecule has 0 aliphatic carbocycles. The number of likely N-dealkylation sites (N-methyl/N-ethyl adjacent to an activating group) is 1. The van der Waals surface area contributed by atoms with Gasteiger partial charge in [-0.3, -0.25) is 0 Å². The monoisotopic (exact) mass is 317 g/mol. The number of thioether (sulfide) groups is 2. The number of hydrogen-bond donors (Lipinski definition) is 1. The first-order chi connectivity index (χ1) is 9.63. The molecule has 5 heteroatoms. The van der Waals surface area contributed by atoms with Crippen molar-refractivity contribution in [1.82, 2.24) is 5.32 Å². The molecule has 20 heavy (non-hydrogen) atoms. The van der Waals surface area contributed by atoms with Gasteiger partial charge < -0.3 is 5.32 Å². The standard InChI is InChI=1S/C15H21F2NS2/c1-3-14-15(20-5-4-19-14)13(18-2)8-10-6-11(16)9-12(17)7-10/h6-7,9,13-15,18H,3-5,8H2,1-2H3. The second-order valence-corrected chi connectivity index (χ2v) is 7.66. The van der Waals surface area contributed by atoms with Crippen LogP contribution < -0.4 is 5.32 Å². The summed E-state index contributed by atoms with van der Waals surface area (Å²) in [4.78, 5) is 0. The first kappa shape index (κ1) is 16.1. The molecule has 0 aromatic heterocycles. The zero-order valence-corrected chi connectivity index (χ0v) is 13.5. The summed E-state index contributed by atoms with van der Waals surface area (Å²) < 4.78 is 26.6. The predicted octanol–water partition coefficient (Wildman–Crippen LogP) is 3.72. The Labute approximate surface area is 128 Å². The summed E-state index contributed by atoms with van der Waals surface area (Å²) in [5.41, 5.74) is 0.730. The van der Waals surface area contributed by atoms with Gasteiger partial charge in [0.2, 0.25) is 0 Å². The van der Waals surface area contributed by atoms with Gasteiger partial charge in [-0.1, -0.05) is 6.92 Å². The van der Waals surface area contributed by atoms with Crippen LogP contribution in [0.4, 0.5) is 8.78 Å². The van der Waals surface area contributed by atoms with Crippen LogP contribution in [0, 0.1) is 11.6 Å². The Kier molecular flexibility index (Phi) is 6.18. The van der Waals surface area contributed by atoms with Gasteiger partial charge >= 0.3 is 0 Å². The van der Waals surface area contributed by atoms with E-state index in [0.717, 1.165) is 23.8 Å². The van der Waals surface area contributed by atoms with Crippen molar-refractivity contribution >= 4 is 23.5 Å². The summed E-state index contributed by atoms with van der Waals surface area (Å²) in [6.45, 7) is 2.21. The first-order valence-electron chi connectivity index (χ1n) is 6.99. The van der Waals surface area contributed by atoms with Crippen molar-refractivity contribution in [1.29, 1.82) is 0 Å². The van der Waals surface area contributed by atoms with E-state index in [1.807, 2.05) is 30.6 Å². The molecule has 2 rings (SSSR count). The highest BCUT2D eigenvalue weighted by molar-refractivity contribution is 8.07. The van der Waals surface area contributed by atoms with Crippen molar-refractivity contribution < 1.29 is 8.78 Å². The highest BCUT2D eigenvalue weighted by Gasteiger charge is 2.31. The molecule has 0 amide bonds. The lowest BCUT2D eigenvalue weighted by molar-refractivity contribution is 0.512. The third-order valence-corrected chi connectivity index (χ3v) is 7.05. The number of benzene rings is 1. The van der Waals surface area contributed by atoms with E-state index in [-0.39, 0.29) is 6.04 Å². The molecule has 1 aliphatic heterocycles. The number of rotatable bonds is 5. The van der Waals surface area contributed by atoms with Crippen LogP contribution in [0.25, 0.3) is 0 Å². The molecular weight excluding hydrogens is 296 g/mol. The van der Waals surface area contributed by atoms with Crippen LogP contribution in [0.1, 0.15) is 18.9 Å². The fourth-order valence-corrected chi connectivity index (χ4v) is 5.98. The Balaban J connectivity index is 2.11. The molecule has 3 atom stereocenters. The van der Waals surface area contributed by atoms with Crippen LogP contribution in [-0.4, -0.2) is 35.1 Å². The molecular formula is C15H21F2NS2. The first-order valence-corrected chi connectivity index (χ1v) is 9.09. The van der Waals surface area contributed by atoms with Crippen LogP contribution in [0.2, 0.25) is 0 Å². The summed E-state index contributed by atoms with van der Waals surface area (Å²) in [6, 6.07) is 4.06. The highest BCUT2D eigenvalue weighted by atomic mass is 32.2. The number of nitrogens with one attached hydrogen (secondary N) is 1. The van der Waals surface area contributed by atoms with Gasteiger partial charge in [0.05, 0.1) is 0 Å². The van der Waals surface area contributed by atoms with Gasteiger partial charge in [0.1, 0.15) is 11.6 Å². The second kappa shape index (κ2) is 7.66. The fraction of sp³-hybridized carbons (Fsp3) is 0.600. The van der Waals surface area contributed by atoms with Crippen molar-refractivity contribution in [3.05, 3.63) is 35.4 Å². The minimum absolute atomic E-state index is 0.249. The molecule has 0 spiro atoms. The Morgan fingerprint density at radius 3 is 2.45 bits per heavy atom. The zero-order chi connectivity index (χ0) is 14.5. The Morgan fingerprint density at radius 1 is 1.20 bits per heavy atom. The van der Waals surface area contributed by atoms with E-state index in [1.165, 1.54) is 17.9 Å². The second-order valence-electron chi connectivity index (χ2n) is 5.03. The predicted molar refractivity (Wildman–Crippen MR) is 85.7 cm³/mol. The topological polar surface area (TPSA) is 12.0 Å². The molecule has 1 fully saturated rings. The van der Waals surface area contributed by atoms with E-state index in [9.17, 15) is 8.78 Å². The van der Waals surface area contributed by atoms with Crippen LogP contribution in [0.15, 0.2) is 18.2 Å². The Hall–Kier alpha value is -0.260. The minimum atomic E-state index is -0.493. The quantitative estimate of drug-likeness (QED) is 0.889. The molecule has 1 aliphatic rings. The van der Waals surface area contributed by atoms with Crippen molar-refractivity contribution in [2.45, 2.75) is 36.3 Å². The molecule has 1 saturated heterocycles. The van der Waals surface area contributed by atoms with Crippen molar-refractivity contribution in [2.75, 3.05) is 18.6 Å². The van der Waals surface area contributed by atoms with Crippen LogP contribution in [0.3, 0.4) is 0 Å². The molecule has 1 aromatic carbocycles. The minimum Gasteiger partial charge on any atom is -0.316 e. The lowest BCUT2D eigenvalue weighted by Crippen LogP contribution is -2.45. The Morgan fingerprint density at radius 2 is 1.85 bits per heavy atom. The van der Waals surface area contributed by atoms with E-state index in [0.29, 0.717) is 16.9 Å². The van der Waals surface area contributed by atoms with E-state index in [2.05, 4.69) is 12.2 Å². The average Bonchev–Trinajstić information content (AvgIpc) is 2.43. The van der Waals surface area contributed by atoms with Crippen LogP contribution in [0.5, 0.6) is 0 Å². The average molecular weight is 317 g/mol. The summed E-state index contributed by atoms with van der Waals surface area (Å²) in [5, 5.41) is 4.46. The van der Waals surface area contributed by atoms with Gasteiger partial charge in [-0.05, 0) is 37.6 Å².